The first kappa shape index (κ1) is 18.2. The second kappa shape index (κ2) is 7.43. The van der Waals surface area contributed by atoms with Crippen LogP contribution in [0.1, 0.15) is 32.4 Å². The first-order valence-electron chi connectivity index (χ1n) is 8.84. The molecule has 0 saturated heterocycles. The molecular formula is C21H16N4O4. The Bertz CT molecular complexity index is 1100. The van der Waals surface area contributed by atoms with E-state index in [0.29, 0.717) is 11.3 Å². The second-order valence-corrected chi connectivity index (χ2v) is 6.43. The van der Waals surface area contributed by atoms with Crippen LogP contribution in [0.25, 0.3) is 0 Å². The number of nitrogens with one attached hydrogen (secondary N) is 2. The van der Waals surface area contributed by atoms with Crippen LogP contribution < -0.4 is 10.7 Å². The largest absolute Gasteiger partial charge is 0.359 e. The predicted molar refractivity (Wildman–Crippen MR) is 106 cm³/mol. The molecule has 1 atom stereocenters. The van der Waals surface area contributed by atoms with Gasteiger partial charge in [0.25, 0.3) is 17.5 Å². The summed E-state index contributed by atoms with van der Waals surface area (Å²) >= 11 is 0. The van der Waals surface area contributed by atoms with E-state index < -0.39 is 17.0 Å². The van der Waals surface area contributed by atoms with E-state index >= 15 is 0 Å². The quantitative estimate of drug-likeness (QED) is 0.526. The molecule has 0 fully saturated rings. The van der Waals surface area contributed by atoms with E-state index in [9.17, 15) is 19.7 Å². The number of amides is 2. The van der Waals surface area contributed by atoms with Gasteiger partial charge in [0.2, 0.25) is 0 Å². The molecule has 0 aliphatic carbocycles. The monoisotopic (exact) mass is 388 g/mol. The molecule has 2 N–H and O–H groups in total. The van der Waals surface area contributed by atoms with Gasteiger partial charge in [0.1, 0.15) is 6.17 Å². The van der Waals surface area contributed by atoms with Gasteiger partial charge >= 0.3 is 0 Å². The highest BCUT2D eigenvalue weighted by Gasteiger charge is 2.34. The minimum Gasteiger partial charge on any atom is -0.359 e. The van der Waals surface area contributed by atoms with Gasteiger partial charge < -0.3 is 5.32 Å². The number of non-ortho nitro benzene ring substituents is 1. The maximum absolute atomic E-state index is 13.1. The molecule has 2 amide bonds. The predicted octanol–water partition coefficient (Wildman–Crippen LogP) is 3.51. The third-order valence-corrected chi connectivity index (χ3v) is 4.58. The number of carbonyl (C=O) groups is 2. The van der Waals surface area contributed by atoms with Crippen LogP contribution in [0.15, 0.2) is 78.9 Å². The number of rotatable bonds is 4. The number of nitrogens with zero attached hydrogens (tertiary/aromatic N) is 2. The van der Waals surface area contributed by atoms with Crippen molar-refractivity contribution in [2.24, 2.45) is 0 Å². The number of para-hydroxylation sites is 1. The first-order valence-corrected chi connectivity index (χ1v) is 8.84. The molecule has 0 spiro atoms. The number of benzene rings is 3. The summed E-state index contributed by atoms with van der Waals surface area (Å²) < 4.78 is 0. The highest BCUT2D eigenvalue weighted by atomic mass is 16.6. The number of hydrazine groups is 1. The third-order valence-electron chi connectivity index (χ3n) is 4.58. The average Bonchev–Trinajstić information content (AvgIpc) is 2.76. The maximum Gasteiger partial charge on any atom is 0.276 e. The van der Waals surface area contributed by atoms with E-state index in [-0.39, 0.29) is 17.2 Å². The van der Waals surface area contributed by atoms with Crippen LogP contribution >= 0.6 is 0 Å². The molecule has 1 aliphatic rings. The minimum atomic E-state index is -0.638. The summed E-state index contributed by atoms with van der Waals surface area (Å²) in [7, 11) is 0. The fourth-order valence-electron chi connectivity index (χ4n) is 3.17. The Hall–Kier alpha value is -4.20. The van der Waals surface area contributed by atoms with E-state index in [1.165, 1.54) is 29.3 Å². The molecule has 1 aliphatic heterocycles. The number of anilines is 1. The zero-order valence-corrected chi connectivity index (χ0v) is 15.1. The molecule has 0 saturated carbocycles. The van der Waals surface area contributed by atoms with Gasteiger partial charge in [-0.15, -0.1) is 0 Å². The first-order chi connectivity index (χ1) is 14.0. The van der Waals surface area contributed by atoms with Gasteiger partial charge in [-0.3, -0.25) is 25.1 Å². The maximum atomic E-state index is 13.1. The van der Waals surface area contributed by atoms with Crippen LogP contribution in [0.4, 0.5) is 11.4 Å². The topological polar surface area (TPSA) is 105 Å². The van der Waals surface area contributed by atoms with Crippen molar-refractivity contribution in [1.82, 2.24) is 10.4 Å². The normalized spacial score (nSPS) is 15.2. The van der Waals surface area contributed by atoms with Crippen LogP contribution in [0.5, 0.6) is 0 Å². The summed E-state index contributed by atoms with van der Waals surface area (Å²) in [4.78, 5) is 36.3. The van der Waals surface area contributed by atoms with Crippen LogP contribution in [0.3, 0.4) is 0 Å². The van der Waals surface area contributed by atoms with Gasteiger partial charge in [0.15, 0.2) is 0 Å². The van der Waals surface area contributed by atoms with Gasteiger partial charge in [-0.1, -0.05) is 48.5 Å². The van der Waals surface area contributed by atoms with Crippen molar-refractivity contribution in [3.05, 3.63) is 106 Å². The third kappa shape index (κ3) is 3.51. The van der Waals surface area contributed by atoms with Gasteiger partial charge in [0.05, 0.1) is 10.5 Å². The second-order valence-electron chi connectivity index (χ2n) is 6.43. The lowest BCUT2D eigenvalue weighted by Gasteiger charge is -2.37. The molecule has 3 aromatic rings. The summed E-state index contributed by atoms with van der Waals surface area (Å²) in [6.07, 6.45) is -0.638. The standard InChI is InChI=1S/C21H16N4O4/c26-20(15-9-6-10-16(13-15)25(28)29)23-24-19(14-7-2-1-3-8-14)22-18-12-5-4-11-17(18)21(24)27/h1-13,19,22H,(H,23,26). The van der Waals surface area contributed by atoms with Crippen LogP contribution in [0.2, 0.25) is 0 Å². The smallest absolute Gasteiger partial charge is 0.276 e. The lowest BCUT2D eigenvalue weighted by Crippen LogP contribution is -2.52. The summed E-state index contributed by atoms with van der Waals surface area (Å²) in [5, 5.41) is 15.5. The van der Waals surface area contributed by atoms with Crippen molar-refractivity contribution in [3.8, 4) is 0 Å². The fourth-order valence-corrected chi connectivity index (χ4v) is 3.17. The summed E-state index contributed by atoms with van der Waals surface area (Å²) in [5.41, 5.74) is 4.33. The van der Waals surface area contributed by atoms with Gasteiger partial charge in [-0.25, -0.2) is 5.01 Å². The van der Waals surface area contributed by atoms with Gasteiger partial charge in [-0.05, 0) is 23.8 Å². The molecule has 0 radical (unpaired) electrons. The van der Waals surface area contributed by atoms with E-state index in [4.69, 9.17) is 0 Å². The van der Waals surface area contributed by atoms with Crippen molar-refractivity contribution >= 4 is 23.2 Å². The molecule has 8 nitrogen and oxygen atoms in total. The number of nitro groups is 1. The molecule has 1 unspecified atom stereocenters. The molecular weight excluding hydrogens is 372 g/mol. The molecule has 144 valence electrons. The lowest BCUT2D eigenvalue weighted by molar-refractivity contribution is -0.384. The lowest BCUT2D eigenvalue weighted by atomic mass is 10.0. The van der Waals surface area contributed by atoms with Gasteiger partial charge in [0, 0.05) is 23.4 Å². The Morgan fingerprint density at radius 2 is 1.72 bits per heavy atom. The van der Waals surface area contributed by atoms with E-state index in [1.54, 1.807) is 18.2 Å². The van der Waals surface area contributed by atoms with Crippen molar-refractivity contribution in [3.63, 3.8) is 0 Å². The molecule has 29 heavy (non-hydrogen) atoms. The molecule has 1 heterocycles. The number of fused-ring (bicyclic) bond motifs is 1. The Morgan fingerprint density at radius 1 is 1.00 bits per heavy atom. The van der Waals surface area contributed by atoms with E-state index in [1.807, 2.05) is 36.4 Å². The molecule has 0 bridgehead atoms. The Labute approximate surface area is 165 Å². The Morgan fingerprint density at radius 3 is 2.48 bits per heavy atom. The molecule has 0 aromatic heterocycles. The zero-order chi connectivity index (χ0) is 20.4. The number of carbonyl (C=O) groups excluding carboxylic acids is 2. The highest BCUT2D eigenvalue weighted by molar-refractivity contribution is 6.04. The highest BCUT2D eigenvalue weighted by Crippen LogP contribution is 2.31. The summed E-state index contributed by atoms with van der Waals surface area (Å²) in [6, 6.07) is 21.6. The number of hydrogen-bond acceptors (Lipinski definition) is 5. The van der Waals surface area contributed by atoms with Crippen molar-refractivity contribution in [2.45, 2.75) is 6.17 Å². The molecule has 8 heteroatoms. The molecule has 4 rings (SSSR count). The summed E-state index contributed by atoms with van der Waals surface area (Å²) in [6.45, 7) is 0. The summed E-state index contributed by atoms with van der Waals surface area (Å²) in [5.74, 6) is -1.00. The van der Waals surface area contributed by atoms with Crippen LogP contribution in [-0.4, -0.2) is 21.7 Å². The van der Waals surface area contributed by atoms with E-state index in [0.717, 1.165) is 5.56 Å². The Balaban J connectivity index is 1.69. The zero-order valence-electron chi connectivity index (χ0n) is 15.1. The average molecular weight is 388 g/mol. The SMILES string of the molecule is O=C(NN1C(=O)c2ccccc2NC1c1ccccc1)c1cccc([N+](=O)[O-])c1. The molecule has 3 aromatic carbocycles. The van der Waals surface area contributed by atoms with Gasteiger partial charge in [-0.2, -0.15) is 0 Å². The van der Waals surface area contributed by atoms with Crippen molar-refractivity contribution < 1.29 is 14.5 Å². The number of hydrogen-bond donors (Lipinski definition) is 2. The minimum absolute atomic E-state index is 0.0812. The Kier molecular flexibility index (Phi) is 4.66. The van der Waals surface area contributed by atoms with E-state index in [2.05, 4.69) is 10.7 Å². The van der Waals surface area contributed by atoms with Crippen LogP contribution in [-0.2, 0) is 0 Å². The van der Waals surface area contributed by atoms with Crippen LogP contribution in [0, 0.1) is 10.1 Å². The fraction of sp³-hybridized carbons (Fsp3) is 0.0476. The van der Waals surface area contributed by atoms with Crippen molar-refractivity contribution in [2.75, 3.05) is 5.32 Å². The van der Waals surface area contributed by atoms with Crippen molar-refractivity contribution in [1.29, 1.82) is 0 Å². The number of nitro benzene ring substituents is 1.